The largest absolute Gasteiger partial charge is 0.314 e. The molecule has 6 heteroatoms. The highest BCUT2D eigenvalue weighted by atomic mass is 32.2. The van der Waals surface area contributed by atoms with Gasteiger partial charge < -0.3 is 5.32 Å². The number of piperazine rings is 1. The summed E-state index contributed by atoms with van der Waals surface area (Å²) in [5, 5.41) is 3.10. The Kier molecular flexibility index (Phi) is 6.41. The summed E-state index contributed by atoms with van der Waals surface area (Å²) in [5.41, 5.74) is 1.09. The van der Waals surface area contributed by atoms with Crippen LogP contribution in [-0.4, -0.2) is 44.7 Å². The average molecular weight is 288 g/mol. The second-order valence-electron chi connectivity index (χ2n) is 4.35. The van der Waals surface area contributed by atoms with Crippen LogP contribution in [0.1, 0.15) is 12.5 Å². The van der Waals surface area contributed by atoms with E-state index in [9.17, 15) is 12.8 Å². The van der Waals surface area contributed by atoms with Gasteiger partial charge in [0.2, 0.25) is 10.0 Å². The Bertz CT molecular complexity index is 447. The minimum atomic E-state index is -2.93. The molecule has 4 nitrogen and oxygen atoms in total. The lowest BCUT2D eigenvalue weighted by molar-refractivity contribution is 0.361. The van der Waals surface area contributed by atoms with E-state index in [1.54, 1.807) is 23.4 Å². The van der Waals surface area contributed by atoms with E-state index in [-0.39, 0.29) is 11.6 Å². The smallest absolute Gasteiger partial charge is 0.213 e. The van der Waals surface area contributed by atoms with Crippen LogP contribution in [0.3, 0.4) is 0 Å². The molecule has 108 valence electrons. The molecule has 19 heavy (non-hydrogen) atoms. The molecule has 1 aliphatic heterocycles. The summed E-state index contributed by atoms with van der Waals surface area (Å²) in [4.78, 5) is 0. The molecule has 0 bridgehead atoms. The number of sulfonamides is 1. The summed E-state index contributed by atoms with van der Waals surface area (Å²) in [6, 6.07) is 6.40. The highest BCUT2D eigenvalue weighted by Gasteiger charge is 2.20. The highest BCUT2D eigenvalue weighted by molar-refractivity contribution is 7.89. The molecule has 0 aliphatic carbocycles. The van der Waals surface area contributed by atoms with Gasteiger partial charge in [0.05, 0.1) is 5.75 Å². The van der Waals surface area contributed by atoms with Gasteiger partial charge in [-0.3, -0.25) is 0 Å². The van der Waals surface area contributed by atoms with E-state index >= 15 is 0 Å². The fourth-order valence-electron chi connectivity index (χ4n) is 1.64. The second-order valence-corrected chi connectivity index (χ2v) is 6.60. The first-order valence-corrected chi connectivity index (χ1v) is 7.97. The van der Waals surface area contributed by atoms with Crippen LogP contribution in [0.25, 0.3) is 0 Å². The molecule has 1 heterocycles. The van der Waals surface area contributed by atoms with E-state index in [1.165, 1.54) is 12.1 Å². The van der Waals surface area contributed by atoms with Crippen molar-refractivity contribution in [2.45, 2.75) is 13.8 Å². The Hall–Kier alpha value is -0.980. The zero-order valence-electron chi connectivity index (χ0n) is 11.4. The Labute approximate surface area is 114 Å². The maximum Gasteiger partial charge on any atom is 0.213 e. The third-order valence-corrected chi connectivity index (χ3v) is 4.73. The van der Waals surface area contributed by atoms with E-state index in [2.05, 4.69) is 5.32 Å². The lowest BCUT2D eigenvalue weighted by Gasteiger charge is -2.25. The van der Waals surface area contributed by atoms with Gasteiger partial charge in [-0.15, -0.1) is 0 Å². The molecule has 1 fully saturated rings. The lowest BCUT2D eigenvalue weighted by atomic mass is 10.2. The van der Waals surface area contributed by atoms with Crippen LogP contribution >= 0.6 is 0 Å². The normalized spacial score (nSPS) is 16.6. The van der Waals surface area contributed by atoms with Crippen molar-refractivity contribution in [3.63, 3.8) is 0 Å². The first kappa shape index (κ1) is 16.1. The van der Waals surface area contributed by atoms with Crippen LogP contribution in [0.5, 0.6) is 0 Å². The Balaban J connectivity index is 0.000000200. The van der Waals surface area contributed by atoms with Crippen LogP contribution in [0.4, 0.5) is 4.39 Å². The number of rotatable bonds is 2. The van der Waals surface area contributed by atoms with Crippen molar-refractivity contribution in [1.29, 1.82) is 0 Å². The van der Waals surface area contributed by atoms with E-state index in [4.69, 9.17) is 0 Å². The summed E-state index contributed by atoms with van der Waals surface area (Å²) < 4.78 is 36.1. The molecule has 0 saturated carbocycles. The van der Waals surface area contributed by atoms with E-state index in [0.29, 0.717) is 13.1 Å². The van der Waals surface area contributed by atoms with Gasteiger partial charge in [0.25, 0.3) is 0 Å². The number of aryl methyl sites for hydroxylation is 1. The first-order valence-electron chi connectivity index (χ1n) is 6.36. The van der Waals surface area contributed by atoms with Crippen LogP contribution in [-0.2, 0) is 10.0 Å². The molecule has 0 unspecified atom stereocenters. The van der Waals surface area contributed by atoms with Gasteiger partial charge >= 0.3 is 0 Å². The monoisotopic (exact) mass is 288 g/mol. The second kappa shape index (κ2) is 7.57. The van der Waals surface area contributed by atoms with Crippen LogP contribution in [0.15, 0.2) is 24.3 Å². The summed E-state index contributed by atoms with van der Waals surface area (Å²) in [7, 11) is -2.93. The lowest BCUT2D eigenvalue weighted by Crippen LogP contribution is -2.46. The van der Waals surface area contributed by atoms with E-state index in [0.717, 1.165) is 18.7 Å². The molecule has 0 amide bonds. The third-order valence-electron chi connectivity index (χ3n) is 2.85. The molecule has 0 aromatic heterocycles. The molecule has 2 rings (SSSR count). The predicted octanol–water partition coefficient (Wildman–Crippen LogP) is 1.38. The SMILES string of the molecule is CCS(=O)(=O)N1CCNCC1.Cc1ccc(F)cc1. The van der Waals surface area contributed by atoms with Crippen LogP contribution in [0, 0.1) is 12.7 Å². The fraction of sp³-hybridized carbons (Fsp3) is 0.538. The van der Waals surface area contributed by atoms with Crippen molar-refractivity contribution in [1.82, 2.24) is 9.62 Å². The molecule has 1 aliphatic rings. The molecule has 1 N–H and O–H groups in total. The minimum absolute atomic E-state index is 0.171. The van der Waals surface area contributed by atoms with Gasteiger partial charge in [0.15, 0.2) is 0 Å². The molecule has 0 atom stereocenters. The van der Waals surface area contributed by atoms with Crippen LogP contribution < -0.4 is 5.32 Å². The zero-order chi connectivity index (χ0) is 14.3. The summed E-state index contributed by atoms with van der Waals surface area (Å²) in [6.07, 6.45) is 0. The highest BCUT2D eigenvalue weighted by Crippen LogP contribution is 2.01. The number of hydrogen-bond acceptors (Lipinski definition) is 3. The number of nitrogens with zero attached hydrogens (tertiary/aromatic N) is 1. The third kappa shape index (κ3) is 5.67. The van der Waals surface area contributed by atoms with Crippen LogP contribution in [0.2, 0.25) is 0 Å². The van der Waals surface area contributed by atoms with E-state index < -0.39 is 10.0 Å². The van der Waals surface area contributed by atoms with Crippen molar-refractivity contribution in [3.8, 4) is 0 Å². The molecule has 0 radical (unpaired) electrons. The fourth-order valence-corrected chi connectivity index (χ4v) is 2.74. The van der Waals surface area contributed by atoms with Crippen molar-refractivity contribution in [3.05, 3.63) is 35.6 Å². The molecule has 0 spiro atoms. The standard InChI is InChI=1S/C7H7F.C6H14N2O2S/c1-6-2-4-7(8)5-3-6;1-2-11(9,10)8-5-3-7-4-6-8/h2-5H,1H3;7H,2-6H2,1H3. The Morgan fingerprint density at radius 3 is 2.16 bits per heavy atom. The maximum atomic E-state index is 12.1. The quantitative estimate of drug-likeness (QED) is 0.894. The Morgan fingerprint density at radius 2 is 1.74 bits per heavy atom. The summed E-state index contributed by atoms with van der Waals surface area (Å²) in [6.45, 7) is 6.40. The van der Waals surface area contributed by atoms with Gasteiger partial charge in [0.1, 0.15) is 5.82 Å². The topological polar surface area (TPSA) is 49.4 Å². The van der Waals surface area contributed by atoms with Gasteiger partial charge in [-0.05, 0) is 26.0 Å². The number of hydrogen-bond donors (Lipinski definition) is 1. The minimum Gasteiger partial charge on any atom is -0.314 e. The molecule has 1 saturated heterocycles. The molecular weight excluding hydrogens is 267 g/mol. The van der Waals surface area contributed by atoms with Gasteiger partial charge in [-0.2, -0.15) is 4.31 Å². The van der Waals surface area contributed by atoms with E-state index in [1.807, 2.05) is 6.92 Å². The molecule has 1 aromatic rings. The summed E-state index contributed by atoms with van der Waals surface area (Å²) in [5.74, 6) is 0.0445. The zero-order valence-corrected chi connectivity index (χ0v) is 12.2. The van der Waals surface area contributed by atoms with Gasteiger partial charge in [-0.25, -0.2) is 12.8 Å². The maximum absolute atomic E-state index is 12.1. The van der Waals surface area contributed by atoms with Crippen molar-refractivity contribution in [2.24, 2.45) is 0 Å². The van der Waals surface area contributed by atoms with Crippen molar-refractivity contribution in [2.75, 3.05) is 31.9 Å². The van der Waals surface area contributed by atoms with Crippen molar-refractivity contribution >= 4 is 10.0 Å². The first-order chi connectivity index (χ1) is 8.95. The number of halogens is 1. The average Bonchev–Trinajstić information content (AvgIpc) is 2.44. The summed E-state index contributed by atoms with van der Waals surface area (Å²) >= 11 is 0. The van der Waals surface area contributed by atoms with Crippen molar-refractivity contribution < 1.29 is 12.8 Å². The molecular formula is C13H21FN2O2S. The Morgan fingerprint density at radius 1 is 1.21 bits per heavy atom. The molecule has 1 aromatic carbocycles. The number of nitrogens with one attached hydrogen (secondary N) is 1. The number of benzene rings is 1. The predicted molar refractivity (Wildman–Crippen MR) is 75.0 cm³/mol. The van der Waals surface area contributed by atoms with Gasteiger partial charge in [-0.1, -0.05) is 17.7 Å². The van der Waals surface area contributed by atoms with Gasteiger partial charge in [0, 0.05) is 26.2 Å².